The maximum atomic E-state index is 9.29. The molecule has 0 unspecified atom stereocenters. The van der Waals surface area contributed by atoms with Gasteiger partial charge in [-0.25, -0.2) is 9.97 Å². The maximum absolute atomic E-state index is 9.29. The number of nitrogens with zero attached hydrogens (tertiary/aromatic N) is 3. The lowest BCUT2D eigenvalue weighted by Gasteiger charge is -2.33. The lowest BCUT2D eigenvalue weighted by molar-refractivity contribution is -0.0338. The zero-order valence-corrected chi connectivity index (χ0v) is 11.6. The van der Waals surface area contributed by atoms with Crippen molar-refractivity contribution < 1.29 is 4.74 Å². The second-order valence-electron chi connectivity index (χ2n) is 4.43. The normalized spacial score (nSPS) is 16.4. The van der Waals surface area contributed by atoms with Crippen LogP contribution >= 0.6 is 15.9 Å². The molecule has 2 heterocycles. The van der Waals surface area contributed by atoms with E-state index in [1.807, 2.05) is 30.3 Å². The molecule has 0 spiro atoms. The van der Waals surface area contributed by atoms with Gasteiger partial charge in [0.2, 0.25) is 0 Å². The summed E-state index contributed by atoms with van der Waals surface area (Å²) in [5.41, 5.74) is 1.11. The van der Waals surface area contributed by atoms with Crippen LogP contribution in [-0.4, -0.2) is 23.2 Å². The van der Waals surface area contributed by atoms with Crippen LogP contribution in [0.25, 0.3) is 11.3 Å². The Morgan fingerprint density at radius 2 is 2.05 bits per heavy atom. The molecule has 19 heavy (non-hydrogen) atoms. The first-order valence-electron chi connectivity index (χ1n) is 5.83. The highest BCUT2D eigenvalue weighted by Crippen LogP contribution is 2.31. The van der Waals surface area contributed by atoms with E-state index in [2.05, 4.69) is 32.0 Å². The molecule has 4 nitrogen and oxygen atoms in total. The largest absolute Gasteiger partial charge is 0.377 e. The predicted molar refractivity (Wildman–Crippen MR) is 73.3 cm³/mol. The van der Waals surface area contributed by atoms with E-state index in [0.717, 1.165) is 15.7 Å². The summed E-state index contributed by atoms with van der Waals surface area (Å²) >= 11 is 3.51. The molecule has 1 aromatic heterocycles. The molecule has 1 aliphatic rings. The van der Waals surface area contributed by atoms with E-state index in [1.165, 1.54) is 0 Å². The van der Waals surface area contributed by atoms with Gasteiger partial charge in [-0.05, 0) is 12.1 Å². The van der Waals surface area contributed by atoms with Gasteiger partial charge in [-0.1, -0.05) is 34.1 Å². The molecule has 0 N–H and O–H groups in total. The average Bonchev–Trinajstić information content (AvgIpc) is 2.39. The monoisotopic (exact) mass is 315 g/mol. The van der Waals surface area contributed by atoms with E-state index in [-0.39, 0.29) is 0 Å². The van der Waals surface area contributed by atoms with E-state index >= 15 is 0 Å². The van der Waals surface area contributed by atoms with Gasteiger partial charge in [0.15, 0.2) is 11.2 Å². The molecule has 0 atom stereocenters. The van der Waals surface area contributed by atoms with Crippen LogP contribution in [0.1, 0.15) is 5.82 Å². The molecule has 1 saturated heterocycles. The summed E-state index contributed by atoms with van der Waals surface area (Å²) in [5, 5.41) is 9.29. The topological polar surface area (TPSA) is 58.8 Å². The molecule has 1 fully saturated rings. The Hall–Kier alpha value is -1.77. The van der Waals surface area contributed by atoms with Crippen LogP contribution in [-0.2, 0) is 10.2 Å². The van der Waals surface area contributed by atoms with Gasteiger partial charge in [0, 0.05) is 16.2 Å². The molecular formula is C14H10BrN3O. The van der Waals surface area contributed by atoms with Crippen LogP contribution in [0.15, 0.2) is 41.0 Å². The van der Waals surface area contributed by atoms with Gasteiger partial charge < -0.3 is 4.74 Å². The number of halogens is 1. The smallest absolute Gasteiger partial charge is 0.163 e. The summed E-state index contributed by atoms with van der Waals surface area (Å²) in [6, 6.07) is 11.9. The molecule has 0 bridgehead atoms. The van der Waals surface area contributed by atoms with Crippen LogP contribution in [0.2, 0.25) is 0 Å². The first kappa shape index (κ1) is 12.3. The minimum atomic E-state index is -0.683. The number of benzene rings is 1. The fourth-order valence-electron chi connectivity index (χ4n) is 1.96. The molecule has 1 aromatic carbocycles. The van der Waals surface area contributed by atoms with Crippen molar-refractivity contribution in [3.05, 3.63) is 46.8 Å². The molecule has 94 valence electrons. The lowest BCUT2D eigenvalue weighted by atomic mass is 9.87. The Bertz CT molecular complexity index is 662. The van der Waals surface area contributed by atoms with Crippen LogP contribution in [0.4, 0.5) is 0 Å². The number of ether oxygens (including phenoxy) is 1. The van der Waals surface area contributed by atoms with E-state index in [1.54, 1.807) is 6.20 Å². The van der Waals surface area contributed by atoms with Crippen molar-refractivity contribution in [2.75, 3.05) is 13.2 Å². The van der Waals surface area contributed by atoms with E-state index in [0.29, 0.717) is 19.0 Å². The summed E-state index contributed by atoms with van der Waals surface area (Å²) in [6.45, 7) is 0.728. The number of nitriles is 1. The summed E-state index contributed by atoms with van der Waals surface area (Å²) in [4.78, 5) is 8.76. The molecule has 0 amide bonds. The van der Waals surface area contributed by atoms with Crippen molar-refractivity contribution >= 4 is 15.9 Å². The quantitative estimate of drug-likeness (QED) is 0.855. The van der Waals surface area contributed by atoms with E-state index in [9.17, 15) is 5.26 Å². The number of hydrogen-bond donors (Lipinski definition) is 0. The number of aromatic nitrogens is 2. The molecule has 0 radical (unpaired) electrons. The van der Waals surface area contributed by atoms with Gasteiger partial charge in [-0.15, -0.1) is 0 Å². The predicted octanol–water partition coefficient (Wildman–Crippen LogP) is 2.70. The first-order chi connectivity index (χ1) is 9.25. The van der Waals surface area contributed by atoms with Crippen molar-refractivity contribution in [2.24, 2.45) is 0 Å². The standard InChI is InChI=1S/C14H10BrN3O/c15-11-4-2-1-3-10(11)12-5-6-17-13(18-12)14(7-16)8-19-9-14/h1-6H,8-9H2. The van der Waals surface area contributed by atoms with Crippen molar-refractivity contribution in [1.82, 2.24) is 9.97 Å². The van der Waals surface area contributed by atoms with Crippen LogP contribution < -0.4 is 0 Å². The molecular weight excluding hydrogens is 306 g/mol. The summed E-state index contributed by atoms with van der Waals surface area (Å²) < 4.78 is 6.11. The van der Waals surface area contributed by atoms with E-state index in [4.69, 9.17) is 4.74 Å². The lowest BCUT2D eigenvalue weighted by Crippen LogP contribution is -2.46. The second kappa shape index (κ2) is 4.72. The third-order valence-electron chi connectivity index (χ3n) is 3.14. The fraction of sp³-hybridized carbons (Fsp3) is 0.214. The van der Waals surface area contributed by atoms with Crippen molar-refractivity contribution in [1.29, 1.82) is 5.26 Å². The second-order valence-corrected chi connectivity index (χ2v) is 5.29. The molecule has 3 rings (SSSR count). The number of hydrogen-bond acceptors (Lipinski definition) is 4. The summed E-state index contributed by atoms with van der Waals surface area (Å²) in [5.74, 6) is 0.537. The molecule has 1 aliphatic heterocycles. The van der Waals surface area contributed by atoms with Crippen LogP contribution in [0, 0.1) is 11.3 Å². The summed E-state index contributed by atoms with van der Waals surface area (Å²) in [6.07, 6.45) is 1.69. The molecule has 2 aromatic rings. The first-order valence-corrected chi connectivity index (χ1v) is 6.62. The van der Waals surface area contributed by atoms with Gasteiger partial charge in [0.1, 0.15) is 0 Å². The Kier molecular flexibility index (Phi) is 3.05. The van der Waals surface area contributed by atoms with Gasteiger partial charge in [0.25, 0.3) is 0 Å². The average molecular weight is 316 g/mol. The van der Waals surface area contributed by atoms with Gasteiger partial charge in [-0.3, -0.25) is 0 Å². The molecule has 0 saturated carbocycles. The van der Waals surface area contributed by atoms with Gasteiger partial charge in [0.05, 0.1) is 25.0 Å². The Balaban J connectivity index is 2.07. The third-order valence-corrected chi connectivity index (χ3v) is 3.84. The van der Waals surface area contributed by atoms with Crippen LogP contribution in [0.3, 0.4) is 0 Å². The minimum absolute atomic E-state index is 0.364. The maximum Gasteiger partial charge on any atom is 0.163 e. The number of rotatable bonds is 2. The fourth-order valence-corrected chi connectivity index (χ4v) is 2.45. The Morgan fingerprint density at radius 3 is 2.68 bits per heavy atom. The zero-order chi connectivity index (χ0) is 13.3. The van der Waals surface area contributed by atoms with Crippen molar-refractivity contribution in [3.63, 3.8) is 0 Å². The highest BCUT2D eigenvalue weighted by Gasteiger charge is 2.43. The van der Waals surface area contributed by atoms with Gasteiger partial charge in [-0.2, -0.15) is 5.26 Å². The molecule has 5 heteroatoms. The third kappa shape index (κ3) is 2.03. The SMILES string of the molecule is N#CC1(c2nccc(-c3ccccc3Br)n2)COC1. The highest BCUT2D eigenvalue weighted by atomic mass is 79.9. The highest BCUT2D eigenvalue weighted by molar-refractivity contribution is 9.10. The Labute approximate surface area is 119 Å². The van der Waals surface area contributed by atoms with E-state index < -0.39 is 5.41 Å². The van der Waals surface area contributed by atoms with Crippen molar-refractivity contribution in [3.8, 4) is 17.3 Å². The van der Waals surface area contributed by atoms with Crippen molar-refractivity contribution in [2.45, 2.75) is 5.41 Å². The van der Waals surface area contributed by atoms with Crippen LogP contribution in [0.5, 0.6) is 0 Å². The molecule has 0 aliphatic carbocycles. The Morgan fingerprint density at radius 1 is 1.26 bits per heavy atom. The zero-order valence-electron chi connectivity index (χ0n) is 10.0. The summed E-state index contributed by atoms with van der Waals surface area (Å²) in [7, 11) is 0. The van der Waals surface area contributed by atoms with Gasteiger partial charge >= 0.3 is 0 Å². The minimum Gasteiger partial charge on any atom is -0.377 e.